The first kappa shape index (κ1) is 23.8. The molecule has 34 heavy (non-hydrogen) atoms. The zero-order valence-corrected chi connectivity index (χ0v) is 19.3. The highest BCUT2D eigenvalue weighted by Crippen LogP contribution is 2.51. The minimum Gasteiger partial charge on any atom is -0.372 e. The first-order chi connectivity index (χ1) is 16.5. The van der Waals surface area contributed by atoms with E-state index in [1.165, 1.54) is 25.0 Å². The fourth-order valence-electron chi connectivity index (χ4n) is 4.02. The Kier molecular flexibility index (Phi) is 7.50. The number of carbonyl (C=O) groups excluding carboxylic acids is 1. The van der Waals surface area contributed by atoms with Gasteiger partial charge in [-0.05, 0) is 61.9 Å². The van der Waals surface area contributed by atoms with Crippen LogP contribution in [0.15, 0.2) is 30.5 Å². The average molecular weight is 464 g/mol. The van der Waals surface area contributed by atoms with Gasteiger partial charge in [-0.25, -0.2) is 9.37 Å². The highest BCUT2D eigenvalue weighted by atomic mass is 19.1. The molecule has 1 aromatic heterocycles. The molecule has 2 aliphatic rings. The largest absolute Gasteiger partial charge is 0.372 e. The summed E-state index contributed by atoms with van der Waals surface area (Å²) in [5.41, 5.74) is 1.87. The van der Waals surface area contributed by atoms with Crippen LogP contribution in [0, 0.1) is 28.5 Å². The van der Waals surface area contributed by atoms with Crippen molar-refractivity contribution < 1.29 is 9.18 Å². The quantitative estimate of drug-likeness (QED) is 0.209. The van der Waals surface area contributed by atoms with Crippen LogP contribution in [0.5, 0.6) is 0 Å². The Morgan fingerprint density at radius 2 is 2.12 bits per heavy atom. The lowest BCUT2D eigenvalue weighted by molar-refractivity contribution is -0.114. The topological polar surface area (TPSA) is 115 Å². The number of Topliss-reactive ketones (excluding diaryl/α,β-unsaturated/α-hetero) is 1. The fraction of sp³-hybridized carbons (Fsp3) is 0.440. The van der Waals surface area contributed by atoms with Crippen molar-refractivity contribution in [2.45, 2.75) is 38.1 Å². The Labute approximate surface area is 199 Å². The first-order valence-corrected chi connectivity index (χ1v) is 11.6. The molecule has 0 bridgehead atoms. The van der Waals surface area contributed by atoms with Gasteiger partial charge in [0.2, 0.25) is 5.95 Å². The molecule has 1 aliphatic carbocycles. The lowest BCUT2D eigenvalue weighted by Gasteiger charge is -2.11. The van der Waals surface area contributed by atoms with Crippen LogP contribution in [-0.4, -0.2) is 54.2 Å². The molecule has 9 heteroatoms. The van der Waals surface area contributed by atoms with Crippen LogP contribution in [0.2, 0.25) is 0 Å². The molecule has 1 spiro atoms. The summed E-state index contributed by atoms with van der Waals surface area (Å²) in [5.74, 6) is 6.82. The number of nitrogens with one attached hydrogen (secondary N) is 5. The van der Waals surface area contributed by atoms with Crippen LogP contribution in [0.4, 0.5) is 21.8 Å². The van der Waals surface area contributed by atoms with Crippen LogP contribution >= 0.6 is 0 Å². The third-order valence-corrected chi connectivity index (χ3v) is 6.24. The van der Waals surface area contributed by atoms with E-state index in [1.54, 1.807) is 25.4 Å². The molecular formula is C25H30FN7O. The van der Waals surface area contributed by atoms with Gasteiger partial charge in [0.05, 0.1) is 23.5 Å². The van der Waals surface area contributed by atoms with Crippen LogP contribution in [-0.2, 0) is 4.79 Å². The minimum atomic E-state index is -0.303. The van der Waals surface area contributed by atoms with Gasteiger partial charge in [0.1, 0.15) is 11.6 Å². The van der Waals surface area contributed by atoms with Crippen LogP contribution < -0.4 is 21.3 Å². The first-order valence-electron chi connectivity index (χ1n) is 11.6. The lowest BCUT2D eigenvalue weighted by atomic mass is 9.99. The summed E-state index contributed by atoms with van der Waals surface area (Å²) >= 11 is 0. The number of anilines is 3. The van der Waals surface area contributed by atoms with Gasteiger partial charge in [0.25, 0.3) is 0 Å². The normalized spacial score (nSPS) is 17.6. The van der Waals surface area contributed by atoms with Gasteiger partial charge in [-0.1, -0.05) is 11.8 Å². The Morgan fingerprint density at radius 3 is 2.82 bits per heavy atom. The van der Waals surface area contributed by atoms with Gasteiger partial charge < -0.3 is 26.7 Å². The summed E-state index contributed by atoms with van der Waals surface area (Å²) in [6, 6.07) is 5.79. The van der Waals surface area contributed by atoms with Gasteiger partial charge in [-0.15, -0.1) is 0 Å². The van der Waals surface area contributed by atoms with Crippen molar-refractivity contribution in [2.24, 2.45) is 5.41 Å². The maximum absolute atomic E-state index is 13.1. The van der Waals surface area contributed by atoms with E-state index in [9.17, 15) is 9.18 Å². The Balaban J connectivity index is 1.18. The standard InChI is InChI=1S/C25H30FN7O/c1-28-23-17(14-30-24(33-23)32-19-8-6-18(26)7-9-19)5-3-2-4-12-29-15-20(27)22(34)21-13-25(10-11-25)16-31-21/h6-9,14,21,27,29,31H,2,4,10-13,15-16H2,1H3,(H2,28,30,32,33). The second-order valence-corrected chi connectivity index (χ2v) is 8.90. The van der Waals surface area contributed by atoms with E-state index in [1.807, 2.05) is 0 Å². The number of halogens is 1. The number of ketones is 1. The number of carbonyl (C=O) groups is 1. The molecule has 178 valence electrons. The molecule has 1 unspecified atom stereocenters. The number of hydrogen-bond acceptors (Lipinski definition) is 8. The van der Waals surface area contributed by atoms with Gasteiger partial charge in [-0.2, -0.15) is 4.98 Å². The molecule has 4 rings (SSSR count). The number of benzene rings is 1. The van der Waals surface area contributed by atoms with Crippen molar-refractivity contribution in [3.63, 3.8) is 0 Å². The molecular weight excluding hydrogens is 433 g/mol. The van der Waals surface area contributed by atoms with Gasteiger partial charge in [0, 0.05) is 32.2 Å². The minimum absolute atomic E-state index is 0.0759. The van der Waals surface area contributed by atoms with E-state index < -0.39 is 0 Å². The Morgan fingerprint density at radius 1 is 1.32 bits per heavy atom. The molecule has 5 N–H and O–H groups in total. The SMILES string of the molecule is CNc1nc(Nc2ccc(F)cc2)ncc1C#CCCCNCC(=N)C(=O)C1CC2(CC2)CN1. The van der Waals surface area contributed by atoms with Crippen LogP contribution in [0.1, 0.15) is 37.7 Å². The van der Waals surface area contributed by atoms with Gasteiger partial charge >= 0.3 is 0 Å². The van der Waals surface area contributed by atoms with Crippen molar-refractivity contribution in [1.82, 2.24) is 20.6 Å². The maximum atomic E-state index is 13.1. The number of rotatable bonds is 10. The molecule has 1 aliphatic heterocycles. The number of nitrogens with zero attached hydrogens (tertiary/aromatic N) is 2. The molecule has 1 aromatic carbocycles. The molecule has 1 saturated carbocycles. The van der Waals surface area contributed by atoms with Crippen molar-refractivity contribution in [3.8, 4) is 11.8 Å². The zero-order chi connectivity index (χ0) is 24.0. The average Bonchev–Trinajstić information content (AvgIpc) is 3.48. The number of unbranched alkanes of at least 4 members (excludes halogenated alkanes) is 1. The predicted octanol–water partition coefficient (Wildman–Crippen LogP) is 2.85. The van der Waals surface area contributed by atoms with Crippen molar-refractivity contribution in [2.75, 3.05) is 37.3 Å². The fourth-order valence-corrected chi connectivity index (χ4v) is 4.02. The monoisotopic (exact) mass is 463 g/mol. The Bertz CT molecular complexity index is 1100. The van der Waals surface area contributed by atoms with Crippen molar-refractivity contribution in [1.29, 1.82) is 5.41 Å². The summed E-state index contributed by atoms with van der Waals surface area (Å²) in [6.07, 6.45) is 6.40. The van der Waals surface area contributed by atoms with E-state index in [2.05, 4.69) is 43.1 Å². The summed E-state index contributed by atoms with van der Waals surface area (Å²) < 4.78 is 13.1. The van der Waals surface area contributed by atoms with E-state index in [0.717, 1.165) is 19.4 Å². The number of hydrogen-bond donors (Lipinski definition) is 5. The highest BCUT2D eigenvalue weighted by Gasteiger charge is 2.50. The third-order valence-electron chi connectivity index (χ3n) is 6.24. The molecule has 0 radical (unpaired) electrons. The zero-order valence-electron chi connectivity index (χ0n) is 19.3. The van der Waals surface area contributed by atoms with E-state index in [-0.39, 0.29) is 29.9 Å². The smallest absolute Gasteiger partial charge is 0.229 e. The van der Waals surface area contributed by atoms with Crippen molar-refractivity contribution in [3.05, 3.63) is 41.8 Å². The second kappa shape index (κ2) is 10.7. The van der Waals surface area contributed by atoms with Crippen LogP contribution in [0.25, 0.3) is 0 Å². The second-order valence-electron chi connectivity index (χ2n) is 8.90. The maximum Gasteiger partial charge on any atom is 0.229 e. The van der Waals surface area contributed by atoms with E-state index in [0.29, 0.717) is 41.4 Å². The summed E-state index contributed by atoms with van der Waals surface area (Å²) in [4.78, 5) is 21.1. The molecule has 2 aromatic rings. The molecule has 2 heterocycles. The predicted molar refractivity (Wildman–Crippen MR) is 131 cm³/mol. The molecule has 2 fully saturated rings. The van der Waals surface area contributed by atoms with Gasteiger partial charge in [0.15, 0.2) is 5.78 Å². The lowest BCUT2D eigenvalue weighted by Crippen LogP contribution is -2.40. The molecule has 1 atom stereocenters. The summed E-state index contributed by atoms with van der Waals surface area (Å²) in [6.45, 7) is 1.89. The molecule has 0 amide bonds. The van der Waals surface area contributed by atoms with Gasteiger partial charge in [-0.3, -0.25) is 4.79 Å². The summed E-state index contributed by atoms with van der Waals surface area (Å²) in [5, 5.41) is 20.6. The highest BCUT2D eigenvalue weighted by molar-refractivity contribution is 6.41. The summed E-state index contributed by atoms with van der Waals surface area (Å²) in [7, 11) is 1.76. The van der Waals surface area contributed by atoms with E-state index >= 15 is 0 Å². The number of aromatic nitrogens is 2. The van der Waals surface area contributed by atoms with Crippen LogP contribution in [0.3, 0.4) is 0 Å². The third kappa shape index (κ3) is 6.16. The Hall–Kier alpha value is -3.35. The molecule has 8 nitrogen and oxygen atoms in total. The molecule has 1 saturated heterocycles. The van der Waals surface area contributed by atoms with Crippen molar-refractivity contribution >= 4 is 28.9 Å². The van der Waals surface area contributed by atoms with E-state index in [4.69, 9.17) is 5.41 Å².